The van der Waals surface area contributed by atoms with E-state index in [0.29, 0.717) is 11.1 Å². The fourth-order valence-electron chi connectivity index (χ4n) is 3.56. The third kappa shape index (κ3) is 2.46. The van der Waals surface area contributed by atoms with Crippen LogP contribution in [0, 0.1) is 5.41 Å². The van der Waals surface area contributed by atoms with Crippen LogP contribution in [0.4, 0.5) is 0 Å². The molecule has 4 heterocycles. The van der Waals surface area contributed by atoms with Gasteiger partial charge in [-0.1, -0.05) is 6.07 Å². The quantitative estimate of drug-likeness (QED) is 0.894. The number of carbonyl (C=O) groups excluding carboxylic acids is 1. The first-order chi connectivity index (χ1) is 10.8. The summed E-state index contributed by atoms with van der Waals surface area (Å²) in [5.41, 5.74) is 1.89. The molecule has 2 aromatic rings. The largest absolute Gasteiger partial charge is 0.337 e. The highest BCUT2D eigenvalue weighted by atomic mass is 32.1. The second-order valence-corrected chi connectivity index (χ2v) is 7.31. The number of H-pyrrole nitrogens is 1. The molecule has 1 amide bonds. The number of nitrogens with zero attached hydrogens (tertiary/aromatic N) is 2. The van der Waals surface area contributed by atoms with Gasteiger partial charge in [0.15, 0.2) is 5.69 Å². The Morgan fingerprint density at radius 1 is 1.32 bits per heavy atom. The van der Waals surface area contributed by atoms with Gasteiger partial charge in [0.05, 0.1) is 10.6 Å². The van der Waals surface area contributed by atoms with Gasteiger partial charge in [-0.3, -0.25) is 9.89 Å². The summed E-state index contributed by atoms with van der Waals surface area (Å²) in [4.78, 5) is 15.7. The zero-order valence-corrected chi connectivity index (χ0v) is 13.3. The molecule has 0 bridgehead atoms. The molecule has 4 rings (SSSR count). The minimum absolute atomic E-state index is 0.0554. The molecule has 0 atom stereocenters. The molecule has 1 spiro atoms. The number of hydrogen-bond donors (Lipinski definition) is 2. The molecule has 2 saturated heterocycles. The van der Waals surface area contributed by atoms with Gasteiger partial charge in [0.25, 0.3) is 5.91 Å². The minimum Gasteiger partial charge on any atom is -0.337 e. The highest BCUT2D eigenvalue weighted by Gasteiger charge is 2.38. The molecule has 116 valence electrons. The average Bonchev–Trinajstić information content (AvgIpc) is 3.29. The van der Waals surface area contributed by atoms with E-state index in [-0.39, 0.29) is 5.91 Å². The van der Waals surface area contributed by atoms with Crippen molar-refractivity contribution < 1.29 is 4.79 Å². The lowest BCUT2D eigenvalue weighted by Gasteiger charge is -2.38. The second kappa shape index (κ2) is 5.52. The number of aromatic amines is 1. The highest BCUT2D eigenvalue weighted by molar-refractivity contribution is 7.13. The predicted molar refractivity (Wildman–Crippen MR) is 87.0 cm³/mol. The minimum atomic E-state index is 0.0554. The maximum absolute atomic E-state index is 12.6. The fourth-order valence-corrected chi connectivity index (χ4v) is 4.25. The van der Waals surface area contributed by atoms with Crippen LogP contribution < -0.4 is 5.32 Å². The second-order valence-electron chi connectivity index (χ2n) is 6.36. The van der Waals surface area contributed by atoms with Crippen LogP contribution in [0.3, 0.4) is 0 Å². The molecule has 2 aliphatic rings. The first-order valence-corrected chi connectivity index (χ1v) is 8.73. The number of thiophene rings is 1. The van der Waals surface area contributed by atoms with Crippen LogP contribution in [-0.4, -0.2) is 47.2 Å². The summed E-state index contributed by atoms with van der Waals surface area (Å²) in [6.45, 7) is 3.93. The Labute approximate surface area is 133 Å². The molecule has 2 aliphatic heterocycles. The van der Waals surface area contributed by atoms with Crippen molar-refractivity contribution in [3.05, 3.63) is 29.3 Å². The number of piperidine rings is 1. The summed E-state index contributed by atoms with van der Waals surface area (Å²) in [6.07, 6.45) is 3.46. The maximum Gasteiger partial charge on any atom is 0.274 e. The number of amides is 1. The first kappa shape index (κ1) is 14.0. The number of nitrogens with one attached hydrogen (secondary N) is 2. The summed E-state index contributed by atoms with van der Waals surface area (Å²) in [6, 6.07) is 5.90. The van der Waals surface area contributed by atoms with Crippen molar-refractivity contribution in [2.75, 3.05) is 26.2 Å². The Kier molecular flexibility index (Phi) is 3.50. The van der Waals surface area contributed by atoms with E-state index in [1.807, 2.05) is 28.5 Å². The number of hydrogen-bond acceptors (Lipinski definition) is 4. The summed E-state index contributed by atoms with van der Waals surface area (Å²) < 4.78 is 0. The van der Waals surface area contributed by atoms with Crippen molar-refractivity contribution in [3.8, 4) is 10.6 Å². The monoisotopic (exact) mass is 316 g/mol. The van der Waals surface area contributed by atoms with Crippen LogP contribution >= 0.6 is 11.3 Å². The maximum atomic E-state index is 12.6. The van der Waals surface area contributed by atoms with Crippen molar-refractivity contribution in [2.24, 2.45) is 5.41 Å². The van der Waals surface area contributed by atoms with Crippen molar-refractivity contribution in [1.29, 1.82) is 0 Å². The van der Waals surface area contributed by atoms with E-state index >= 15 is 0 Å². The normalized spacial score (nSPS) is 20.6. The zero-order valence-electron chi connectivity index (χ0n) is 12.5. The van der Waals surface area contributed by atoms with Crippen molar-refractivity contribution in [1.82, 2.24) is 20.4 Å². The van der Waals surface area contributed by atoms with Crippen LogP contribution in [0.15, 0.2) is 23.6 Å². The summed E-state index contributed by atoms with van der Waals surface area (Å²) in [7, 11) is 0. The van der Waals surface area contributed by atoms with Crippen LogP contribution in [0.5, 0.6) is 0 Å². The number of likely N-dealkylation sites (tertiary alicyclic amines) is 1. The smallest absolute Gasteiger partial charge is 0.274 e. The van der Waals surface area contributed by atoms with Crippen molar-refractivity contribution in [2.45, 2.75) is 19.3 Å². The summed E-state index contributed by atoms with van der Waals surface area (Å²) in [5, 5.41) is 12.7. The SMILES string of the molecule is O=C(c1cc(-c2cccs2)[nH]n1)N1CCC2(CCNC2)CC1. The molecule has 2 aromatic heterocycles. The van der Waals surface area contributed by atoms with Gasteiger partial charge in [-0.2, -0.15) is 5.10 Å². The van der Waals surface area contributed by atoms with Gasteiger partial charge >= 0.3 is 0 Å². The Morgan fingerprint density at radius 2 is 2.18 bits per heavy atom. The topological polar surface area (TPSA) is 61.0 Å². The highest BCUT2D eigenvalue weighted by Crippen LogP contribution is 2.37. The molecule has 0 unspecified atom stereocenters. The standard InChI is InChI=1S/C16H20N4OS/c21-15(13-10-12(18-19-13)14-2-1-9-22-14)20-7-4-16(5-8-20)3-6-17-11-16/h1-2,9-10,17H,3-8,11H2,(H,18,19). The van der Waals surface area contributed by atoms with Crippen LogP contribution in [0.1, 0.15) is 29.8 Å². The predicted octanol–water partition coefficient (Wildman–Crippen LogP) is 2.35. The Morgan fingerprint density at radius 3 is 2.86 bits per heavy atom. The Hall–Kier alpha value is -1.66. The zero-order chi connectivity index (χ0) is 15.0. The van der Waals surface area contributed by atoms with Gasteiger partial charge in [0.2, 0.25) is 0 Å². The summed E-state index contributed by atoms with van der Waals surface area (Å²) in [5.74, 6) is 0.0554. The van der Waals surface area contributed by atoms with Crippen LogP contribution in [-0.2, 0) is 0 Å². The van der Waals surface area contributed by atoms with E-state index in [2.05, 4.69) is 15.5 Å². The molecule has 0 aromatic carbocycles. The van der Waals surface area contributed by atoms with Crippen molar-refractivity contribution in [3.63, 3.8) is 0 Å². The lowest BCUT2D eigenvalue weighted by molar-refractivity contribution is 0.0602. The molecular formula is C16H20N4OS. The number of carbonyl (C=O) groups is 1. The van der Waals surface area contributed by atoms with Gasteiger partial charge in [0.1, 0.15) is 0 Å². The molecule has 22 heavy (non-hydrogen) atoms. The Bertz CT molecular complexity index is 648. The van der Waals surface area contributed by atoms with E-state index in [1.165, 1.54) is 6.42 Å². The van der Waals surface area contributed by atoms with Gasteiger partial charge in [-0.15, -0.1) is 11.3 Å². The molecule has 0 saturated carbocycles. The van der Waals surface area contributed by atoms with E-state index in [4.69, 9.17) is 0 Å². The van der Waals surface area contributed by atoms with Crippen LogP contribution in [0.2, 0.25) is 0 Å². The molecule has 0 aliphatic carbocycles. The van der Waals surface area contributed by atoms with Gasteiger partial charge < -0.3 is 10.2 Å². The van der Waals surface area contributed by atoms with E-state index in [0.717, 1.165) is 49.6 Å². The molecule has 6 heteroatoms. The lowest BCUT2D eigenvalue weighted by atomic mass is 9.78. The molecule has 2 N–H and O–H groups in total. The van der Waals surface area contributed by atoms with Gasteiger partial charge in [-0.25, -0.2) is 0 Å². The average molecular weight is 316 g/mol. The first-order valence-electron chi connectivity index (χ1n) is 7.85. The Balaban J connectivity index is 1.44. The molecule has 5 nitrogen and oxygen atoms in total. The van der Waals surface area contributed by atoms with E-state index < -0.39 is 0 Å². The molecule has 0 radical (unpaired) electrons. The van der Waals surface area contributed by atoms with E-state index in [9.17, 15) is 4.79 Å². The van der Waals surface area contributed by atoms with Crippen LogP contribution in [0.25, 0.3) is 10.6 Å². The lowest BCUT2D eigenvalue weighted by Crippen LogP contribution is -2.44. The van der Waals surface area contributed by atoms with E-state index in [1.54, 1.807) is 11.3 Å². The third-order valence-corrected chi connectivity index (χ3v) is 5.93. The summed E-state index contributed by atoms with van der Waals surface area (Å²) >= 11 is 1.65. The number of aromatic nitrogens is 2. The molecular weight excluding hydrogens is 296 g/mol. The van der Waals surface area contributed by atoms with Crippen molar-refractivity contribution >= 4 is 17.2 Å². The number of rotatable bonds is 2. The molecule has 2 fully saturated rings. The fraction of sp³-hybridized carbons (Fsp3) is 0.500. The van der Waals surface area contributed by atoms with Gasteiger partial charge in [-0.05, 0) is 48.7 Å². The third-order valence-electron chi connectivity index (χ3n) is 5.03. The van der Waals surface area contributed by atoms with Gasteiger partial charge in [0, 0.05) is 19.6 Å².